The summed E-state index contributed by atoms with van der Waals surface area (Å²) in [5, 5.41) is 0. The molecule has 1 heterocycles. The second-order valence-corrected chi connectivity index (χ2v) is 4.85. The Kier molecular flexibility index (Phi) is 10.4. The molecule has 0 saturated carbocycles. The first kappa shape index (κ1) is 14.9. The molecule has 0 unspecified atom stereocenters. The molecule has 0 spiro atoms. The molecule has 0 aromatic heterocycles. The number of likely N-dealkylation sites (tertiary alicyclic amines) is 1. The van der Waals surface area contributed by atoms with Crippen LogP contribution in [0.25, 0.3) is 0 Å². The number of nitrogens with two attached hydrogens (primary N) is 1. The van der Waals surface area contributed by atoms with Crippen LogP contribution in [0.3, 0.4) is 0 Å². The Labute approximate surface area is 96.2 Å². The Morgan fingerprint density at radius 2 is 1.60 bits per heavy atom. The molecule has 1 aliphatic heterocycles. The van der Waals surface area contributed by atoms with E-state index in [9.17, 15) is 0 Å². The van der Waals surface area contributed by atoms with E-state index in [0.717, 1.165) is 0 Å². The van der Waals surface area contributed by atoms with Crippen LogP contribution < -0.4 is 5.73 Å². The van der Waals surface area contributed by atoms with Crippen molar-refractivity contribution in [3.8, 4) is 0 Å². The second-order valence-electron chi connectivity index (χ2n) is 4.85. The lowest BCUT2D eigenvalue weighted by Crippen LogP contribution is -2.20. The summed E-state index contributed by atoms with van der Waals surface area (Å²) in [4.78, 5) is 2.61. The molecule has 1 aliphatic rings. The van der Waals surface area contributed by atoms with E-state index in [1.165, 1.54) is 58.2 Å². The molecule has 1 fully saturated rings. The maximum atomic E-state index is 5.11. The van der Waals surface area contributed by atoms with Crippen LogP contribution in [0.1, 0.15) is 59.3 Å². The Bertz CT molecular complexity index is 115. The topological polar surface area (TPSA) is 29.3 Å². The van der Waals surface area contributed by atoms with Crippen molar-refractivity contribution in [3.63, 3.8) is 0 Å². The summed E-state index contributed by atoms with van der Waals surface area (Å²) in [5.74, 6) is 0. The molecule has 0 bridgehead atoms. The summed E-state index contributed by atoms with van der Waals surface area (Å²) in [5.41, 5.74) is 5.11. The average Bonchev–Trinajstić information content (AvgIpc) is 2.64. The maximum absolute atomic E-state index is 5.11. The number of nitrogens with zero attached hydrogens (tertiary/aromatic N) is 1. The monoisotopic (exact) mass is 214 g/mol. The van der Waals surface area contributed by atoms with Crippen molar-refractivity contribution in [2.24, 2.45) is 5.73 Å². The molecule has 15 heavy (non-hydrogen) atoms. The highest BCUT2D eigenvalue weighted by Gasteiger charge is 2.09. The van der Waals surface area contributed by atoms with Gasteiger partial charge in [0.15, 0.2) is 0 Å². The minimum Gasteiger partial charge on any atom is -0.328 e. The van der Waals surface area contributed by atoms with Gasteiger partial charge in [-0.05, 0) is 44.9 Å². The van der Waals surface area contributed by atoms with Gasteiger partial charge < -0.3 is 10.6 Å². The predicted octanol–water partition coefficient (Wildman–Crippen LogP) is 3.02. The molecule has 0 radical (unpaired) electrons. The first-order chi connectivity index (χ1) is 7.16. The normalized spacial score (nSPS) is 16.6. The summed E-state index contributed by atoms with van der Waals surface area (Å²) in [7, 11) is 0. The van der Waals surface area contributed by atoms with Gasteiger partial charge in [-0.25, -0.2) is 0 Å². The minimum absolute atomic E-state index is 0.333. The van der Waals surface area contributed by atoms with Crippen LogP contribution in [0.15, 0.2) is 0 Å². The molecule has 0 aliphatic carbocycles. The standard InChI is InChI=1S/C10H21N.C3H9N/c1-2-3-4-5-8-11-9-6-7-10-11;1-3(2)4/h2-10H2,1H3;3H,4H2,1-2H3. The molecule has 0 amide bonds. The van der Waals surface area contributed by atoms with E-state index in [0.29, 0.717) is 6.04 Å². The summed E-state index contributed by atoms with van der Waals surface area (Å²) >= 11 is 0. The van der Waals surface area contributed by atoms with Crippen LogP contribution >= 0.6 is 0 Å². The van der Waals surface area contributed by atoms with Crippen LogP contribution in [0.5, 0.6) is 0 Å². The lowest BCUT2D eigenvalue weighted by atomic mass is 10.2. The van der Waals surface area contributed by atoms with Gasteiger partial charge in [-0.15, -0.1) is 0 Å². The van der Waals surface area contributed by atoms with Gasteiger partial charge in [-0.1, -0.05) is 40.0 Å². The molecule has 92 valence electrons. The van der Waals surface area contributed by atoms with E-state index in [2.05, 4.69) is 11.8 Å². The van der Waals surface area contributed by atoms with Gasteiger partial charge in [-0.2, -0.15) is 0 Å². The Balaban J connectivity index is 0.000000423. The van der Waals surface area contributed by atoms with Crippen LogP contribution in [-0.2, 0) is 0 Å². The van der Waals surface area contributed by atoms with Gasteiger partial charge in [0.1, 0.15) is 0 Å². The van der Waals surface area contributed by atoms with Crippen molar-refractivity contribution in [2.75, 3.05) is 19.6 Å². The van der Waals surface area contributed by atoms with Crippen molar-refractivity contribution < 1.29 is 0 Å². The van der Waals surface area contributed by atoms with E-state index in [4.69, 9.17) is 5.73 Å². The highest BCUT2D eigenvalue weighted by molar-refractivity contribution is 4.65. The van der Waals surface area contributed by atoms with E-state index in [1.807, 2.05) is 13.8 Å². The molecule has 1 rings (SSSR count). The lowest BCUT2D eigenvalue weighted by Gasteiger charge is -2.13. The molecular formula is C13H30N2. The highest BCUT2D eigenvalue weighted by atomic mass is 15.1. The molecule has 0 atom stereocenters. The van der Waals surface area contributed by atoms with Crippen molar-refractivity contribution in [1.29, 1.82) is 0 Å². The number of unbranched alkanes of at least 4 members (excludes halogenated alkanes) is 3. The van der Waals surface area contributed by atoms with Crippen molar-refractivity contribution >= 4 is 0 Å². The van der Waals surface area contributed by atoms with E-state index >= 15 is 0 Å². The average molecular weight is 214 g/mol. The van der Waals surface area contributed by atoms with Gasteiger partial charge in [0.25, 0.3) is 0 Å². The Morgan fingerprint density at radius 1 is 1.07 bits per heavy atom. The summed E-state index contributed by atoms with van der Waals surface area (Å²) in [6.45, 7) is 10.3. The third kappa shape index (κ3) is 11.8. The molecule has 2 nitrogen and oxygen atoms in total. The van der Waals surface area contributed by atoms with Gasteiger partial charge in [0.2, 0.25) is 0 Å². The van der Waals surface area contributed by atoms with E-state index in [1.54, 1.807) is 0 Å². The fraction of sp³-hybridized carbons (Fsp3) is 1.00. The van der Waals surface area contributed by atoms with E-state index < -0.39 is 0 Å². The zero-order valence-electron chi connectivity index (χ0n) is 11.0. The van der Waals surface area contributed by atoms with Crippen LogP contribution in [0.4, 0.5) is 0 Å². The molecule has 0 aromatic rings. The molecule has 1 saturated heterocycles. The van der Waals surface area contributed by atoms with Crippen molar-refractivity contribution in [1.82, 2.24) is 4.90 Å². The van der Waals surface area contributed by atoms with Crippen molar-refractivity contribution in [3.05, 3.63) is 0 Å². The van der Waals surface area contributed by atoms with Gasteiger partial charge in [0, 0.05) is 0 Å². The van der Waals surface area contributed by atoms with Gasteiger partial charge >= 0.3 is 0 Å². The molecular weight excluding hydrogens is 184 g/mol. The maximum Gasteiger partial charge on any atom is -0.00179 e. The third-order valence-electron chi connectivity index (χ3n) is 2.53. The molecule has 2 heteroatoms. The lowest BCUT2D eigenvalue weighted by molar-refractivity contribution is 0.328. The fourth-order valence-electron chi connectivity index (χ4n) is 1.77. The first-order valence-electron chi connectivity index (χ1n) is 6.64. The van der Waals surface area contributed by atoms with Gasteiger partial charge in [-0.3, -0.25) is 0 Å². The second kappa shape index (κ2) is 10.4. The smallest absolute Gasteiger partial charge is 0.00179 e. The summed E-state index contributed by atoms with van der Waals surface area (Å²) in [6.07, 6.45) is 8.52. The van der Waals surface area contributed by atoms with E-state index in [-0.39, 0.29) is 0 Å². The number of rotatable bonds is 5. The third-order valence-corrected chi connectivity index (χ3v) is 2.53. The largest absolute Gasteiger partial charge is 0.328 e. The van der Waals surface area contributed by atoms with Crippen LogP contribution in [-0.4, -0.2) is 30.6 Å². The molecule has 0 aromatic carbocycles. The van der Waals surface area contributed by atoms with Gasteiger partial charge in [0.05, 0.1) is 0 Å². The summed E-state index contributed by atoms with van der Waals surface area (Å²) in [6, 6.07) is 0.333. The SMILES string of the molecule is CC(C)N.CCCCCCN1CCCC1. The summed E-state index contributed by atoms with van der Waals surface area (Å²) < 4.78 is 0. The van der Waals surface area contributed by atoms with Crippen molar-refractivity contribution in [2.45, 2.75) is 65.3 Å². The molecule has 2 N–H and O–H groups in total. The highest BCUT2D eigenvalue weighted by Crippen LogP contribution is 2.09. The van der Waals surface area contributed by atoms with Crippen LogP contribution in [0.2, 0.25) is 0 Å². The predicted molar refractivity (Wildman–Crippen MR) is 69.1 cm³/mol. The zero-order chi connectivity index (χ0) is 11.5. The fourth-order valence-corrected chi connectivity index (χ4v) is 1.77. The Hall–Kier alpha value is -0.0800. The minimum atomic E-state index is 0.333. The quantitative estimate of drug-likeness (QED) is 0.713. The number of hydrogen-bond acceptors (Lipinski definition) is 2. The first-order valence-corrected chi connectivity index (χ1v) is 6.64. The van der Waals surface area contributed by atoms with Crippen LogP contribution in [0, 0.1) is 0 Å². The Morgan fingerprint density at radius 3 is 2.07 bits per heavy atom. The number of hydrogen-bond donors (Lipinski definition) is 1. The zero-order valence-corrected chi connectivity index (χ0v) is 11.0.